The normalized spacial score (nSPS) is 32.0. The smallest absolute Gasteiger partial charge is 0.241 e. The minimum absolute atomic E-state index is 0.0406. The summed E-state index contributed by atoms with van der Waals surface area (Å²) in [5.74, 6) is 1.50. The first-order chi connectivity index (χ1) is 9.10. The van der Waals surface area contributed by atoms with Crippen LogP contribution in [0.3, 0.4) is 0 Å². The summed E-state index contributed by atoms with van der Waals surface area (Å²) in [7, 11) is 0. The molecule has 1 heterocycles. The first kappa shape index (κ1) is 14.8. The van der Waals surface area contributed by atoms with Gasteiger partial charge in [0.05, 0.1) is 12.2 Å². The molecule has 1 saturated heterocycles. The van der Waals surface area contributed by atoms with Crippen molar-refractivity contribution in [2.24, 2.45) is 11.8 Å². The van der Waals surface area contributed by atoms with Crippen molar-refractivity contribution in [2.45, 2.75) is 84.5 Å². The Morgan fingerprint density at radius 2 is 1.89 bits per heavy atom. The van der Waals surface area contributed by atoms with Crippen LogP contribution in [0.25, 0.3) is 0 Å². The van der Waals surface area contributed by atoms with Gasteiger partial charge in [-0.15, -0.1) is 0 Å². The molecule has 0 aromatic heterocycles. The van der Waals surface area contributed by atoms with E-state index in [9.17, 15) is 4.79 Å². The van der Waals surface area contributed by atoms with Crippen molar-refractivity contribution < 1.29 is 4.79 Å². The van der Waals surface area contributed by atoms with Crippen molar-refractivity contribution >= 4 is 5.91 Å². The highest BCUT2D eigenvalue weighted by atomic mass is 16.2. The van der Waals surface area contributed by atoms with E-state index in [0.29, 0.717) is 17.9 Å². The fourth-order valence-electron chi connectivity index (χ4n) is 3.78. The highest BCUT2D eigenvalue weighted by Crippen LogP contribution is 2.33. The molecule has 2 rings (SSSR count). The summed E-state index contributed by atoms with van der Waals surface area (Å²) in [5, 5.41) is 3.57. The second-order valence-corrected chi connectivity index (χ2v) is 6.48. The van der Waals surface area contributed by atoms with Gasteiger partial charge in [0.1, 0.15) is 0 Å². The maximum absolute atomic E-state index is 12.7. The van der Waals surface area contributed by atoms with Gasteiger partial charge in [-0.05, 0) is 38.0 Å². The van der Waals surface area contributed by atoms with E-state index in [1.165, 1.54) is 25.7 Å². The Balaban J connectivity index is 2.10. The molecule has 19 heavy (non-hydrogen) atoms. The minimum atomic E-state index is 0.0406. The molecule has 0 aromatic carbocycles. The zero-order chi connectivity index (χ0) is 14.0. The molecule has 0 radical (unpaired) electrons. The molecule has 0 aromatic rings. The van der Waals surface area contributed by atoms with Crippen LogP contribution in [0.1, 0.15) is 66.2 Å². The predicted molar refractivity (Wildman–Crippen MR) is 78.7 cm³/mol. The van der Waals surface area contributed by atoms with Gasteiger partial charge in [-0.3, -0.25) is 10.1 Å². The van der Waals surface area contributed by atoms with Crippen molar-refractivity contribution in [3.8, 4) is 0 Å². The van der Waals surface area contributed by atoms with Gasteiger partial charge in [-0.1, -0.05) is 40.0 Å². The number of carbonyl (C=O) groups excluding carboxylic acids is 1. The van der Waals surface area contributed by atoms with Gasteiger partial charge in [0.15, 0.2) is 0 Å². The van der Waals surface area contributed by atoms with Gasteiger partial charge in [-0.25, -0.2) is 0 Å². The van der Waals surface area contributed by atoms with Gasteiger partial charge in [0.2, 0.25) is 5.91 Å². The van der Waals surface area contributed by atoms with Crippen LogP contribution >= 0.6 is 0 Å². The maximum atomic E-state index is 12.7. The molecule has 0 bridgehead atoms. The molecule has 1 saturated carbocycles. The van der Waals surface area contributed by atoms with Crippen LogP contribution in [0.4, 0.5) is 0 Å². The van der Waals surface area contributed by atoms with E-state index >= 15 is 0 Å². The van der Waals surface area contributed by atoms with Crippen molar-refractivity contribution in [3.63, 3.8) is 0 Å². The van der Waals surface area contributed by atoms with Crippen LogP contribution in [-0.4, -0.2) is 29.1 Å². The largest absolute Gasteiger partial charge is 0.323 e. The number of rotatable bonds is 5. The highest BCUT2D eigenvalue weighted by Gasteiger charge is 2.44. The van der Waals surface area contributed by atoms with Gasteiger partial charge < -0.3 is 4.90 Å². The molecule has 1 aliphatic heterocycles. The Morgan fingerprint density at radius 1 is 1.26 bits per heavy atom. The van der Waals surface area contributed by atoms with Gasteiger partial charge in [0, 0.05) is 6.04 Å². The number of nitrogens with one attached hydrogen (secondary N) is 1. The third-order valence-corrected chi connectivity index (χ3v) is 5.35. The number of nitrogens with zero attached hydrogens (tertiary/aromatic N) is 1. The molecule has 0 spiro atoms. The zero-order valence-electron chi connectivity index (χ0n) is 13.0. The average molecular weight is 266 g/mol. The highest BCUT2D eigenvalue weighted by molar-refractivity contribution is 5.85. The number of amides is 1. The third-order valence-electron chi connectivity index (χ3n) is 5.35. The van der Waals surface area contributed by atoms with Crippen LogP contribution in [0, 0.1) is 11.8 Å². The second-order valence-electron chi connectivity index (χ2n) is 6.48. The van der Waals surface area contributed by atoms with Crippen LogP contribution in [0.15, 0.2) is 0 Å². The standard InChI is InChI=1S/C16H30N2O/c1-5-11(3)15-16(19)18(14(6-2)17-15)12(4)13-9-7-8-10-13/h11-15,17H,5-10H2,1-4H3. The fourth-order valence-corrected chi connectivity index (χ4v) is 3.78. The molecule has 2 aliphatic rings. The first-order valence-electron chi connectivity index (χ1n) is 8.18. The molecule has 4 atom stereocenters. The lowest BCUT2D eigenvalue weighted by Gasteiger charge is -2.33. The lowest BCUT2D eigenvalue weighted by Crippen LogP contribution is -2.46. The monoisotopic (exact) mass is 266 g/mol. The molecule has 3 nitrogen and oxygen atoms in total. The summed E-state index contributed by atoms with van der Waals surface area (Å²) in [6.45, 7) is 8.80. The Hall–Kier alpha value is -0.570. The van der Waals surface area contributed by atoms with E-state index in [2.05, 4.69) is 37.9 Å². The van der Waals surface area contributed by atoms with E-state index in [1.54, 1.807) is 0 Å². The average Bonchev–Trinajstić information content (AvgIpc) is 3.04. The van der Waals surface area contributed by atoms with E-state index in [-0.39, 0.29) is 12.2 Å². The summed E-state index contributed by atoms with van der Waals surface area (Å²) >= 11 is 0. The van der Waals surface area contributed by atoms with Crippen LogP contribution in [0.2, 0.25) is 0 Å². The van der Waals surface area contributed by atoms with E-state index < -0.39 is 0 Å². The summed E-state index contributed by atoms with van der Waals surface area (Å²) < 4.78 is 0. The number of hydrogen-bond donors (Lipinski definition) is 1. The fraction of sp³-hybridized carbons (Fsp3) is 0.938. The van der Waals surface area contributed by atoms with Crippen LogP contribution in [0.5, 0.6) is 0 Å². The predicted octanol–water partition coefficient (Wildman–Crippen LogP) is 3.15. The Kier molecular flexibility index (Phi) is 4.88. The van der Waals surface area contributed by atoms with Crippen LogP contribution < -0.4 is 5.32 Å². The first-order valence-corrected chi connectivity index (χ1v) is 8.18. The summed E-state index contributed by atoms with van der Waals surface area (Å²) in [6.07, 6.45) is 7.61. The molecule has 1 amide bonds. The Labute approximate surface area is 118 Å². The summed E-state index contributed by atoms with van der Waals surface area (Å²) in [4.78, 5) is 14.9. The molecule has 4 unspecified atom stereocenters. The van der Waals surface area contributed by atoms with Gasteiger partial charge >= 0.3 is 0 Å². The summed E-state index contributed by atoms with van der Waals surface area (Å²) in [6, 6.07) is 0.445. The molecular weight excluding hydrogens is 236 g/mol. The molecule has 3 heteroatoms. The van der Waals surface area contributed by atoms with Crippen molar-refractivity contribution in [1.82, 2.24) is 10.2 Å². The SMILES string of the molecule is CCC(C)C1NC(CC)N(C(C)C2CCCC2)C1=O. The quantitative estimate of drug-likeness (QED) is 0.829. The molecule has 2 fully saturated rings. The van der Waals surface area contributed by atoms with Crippen LogP contribution in [-0.2, 0) is 4.79 Å². The van der Waals surface area contributed by atoms with Gasteiger partial charge in [0.25, 0.3) is 0 Å². The van der Waals surface area contributed by atoms with E-state index in [1.807, 2.05) is 0 Å². The Bertz CT molecular complexity index is 312. The lowest BCUT2D eigenvalue weighted by atomic mass is 9.96. The zero-order valence-corrected chi connectivity index (χ0v) is 13.0. The third kappa shape index (κ3) is 2.81. The maximum Gasteiger partial charge on any atom is 0.241 e. The van der Waals surface area contributed by atoms with Crippen molar-refractivity contribution in [3.05, 3.63) is 0 Å². The van der Waals surface area contributed by atoms with Crippen molar-refractivity contribution in [2.75, 3.05) is 0 Å². The Morgan fingerprint density at radius 3 is 2.42 bits per heavy atom. The van der Waals surface area contributed by atoms with E-state index in [0.717, 1.165) is 18.8 Å². The topological polar surface area (TPSA) is 32.3 Å². The lowest BCUT2D eigenvalue weighted by molar-refractivity contribution is -0.133. The molecule has 110 valence electrons. The van der Waals surface area contributed by atoms with Crippen molar-refractivity contribution in [1.29, 1.82) is 0 Å². The molecule has 1 N–H and O–H groups in total. The summed E-state index contributed by atoms with van der Waals surface area (Å²) in [5.41, 5.74) is 0. The van der Waals surface area contributed by atoms with E-state index in [4.69, 9.17) is 0 Å². The van der Waals surface area contributed by atoms with Gasteiger partial charge in [-0.2, -0.15) is 0 Å². The molecular formula is C16H30N2O. The second kappa shape index (κ2) is 6.25. The number of hydrogen-bond acceptors (Lipinski definition) is 2. The minimum Gasteiger partial charge on any atom is -0.323 e. The molecule has 1 aliphatic carbocycles. The number of carbonyl (C=O) groups is 1.